The summed E-state index contributed by atoms with van der Waals surface area (Å²) in [6.07, 6.45) is 2.23. The van der Waals surface area contributed by atoms with Crippen LogP contribution in [0, 0.1) is 12.8 Å². The van der Waals surface area contributed by atoms with Crippen LogP contribution in [0.25, 0.3) is 10.6 Å². The van der Waals surface area contributed by atoms with E-state index in [4.69, 9.17) is 16.2 Å². The Morgan fingerprint density at radius 1 is 1.27 bits per heavy atom. The summed E-state index contributed by atoms with van der Waals surface area (Å²) >= 11 is 1.56. The molecular formula is C19H27N5OS. The van der Waals surface area contributed by atoms with E-state index in [1.54, 1.807) is 11.3 Å². The Balaban J connectivity index is 2.14. The molecule has 1 heterocycles. The van der Waals surface area contributed by atoms with Gasteiger partial charge in [0.1, 0.15) is 10.8 Å². The summed E-state index contributed by atoms with van der Waals surface area (Å²) in [5.74, 6) is 1.51. The Kier molecular flexibility index (Phi) is 7.15. The number of hydrogen-bond donors (Lipinski definition) is 2. The third-order valence-corrected chi connectivity index (χ3v) is 5.03. The largest absolute Gasteiger partial charge is 0.494 e. The van der Waals surface area contributed by atoms with Crippen molar-refractivity contribution < 1.29 is 4.74 Å². The number of aromatic nitrogens is 1. The van der Waals surface area contributed by atoms with Crippen molar-refractivity contribution in [2.45, 2.75) is 40.5 Å². The lowest BCUT2D eigenvalue weighted by atomic mass is 10.1. The van der Waals surface area contributed by atoms with Crippen LogP contribution in [0.1, 0.15) is 44.2 Å². The van der Waals surface area contributed by atoms with Crippen LogP contribution in [0.2, 0.25) is 0 Å². The third kappa shape index (κ3) is 5.84. The first-order valence-corrected chi connectivity index (χ1v) is 9.52. The molecule has 6 nitrogen and oxygen atoms in total. The number of aryl methyl sites for hydroxylation is 1. The summed E-state index contributed by atoms with van der Waals surface area (Å²) in [7, 11) is 0. The van der Waals surface area contributed by atoms with Gasteiger partial charge in [0.25, 0.3) is 0 Å². The fraction of sp³-hybridized carbons (Fsp3) is 0.421. The summed E-state index contributed by atoms with van der Waals surface area (Å²) in [4.78, 5) is 5.63. The first-order valence-electron chi connectivity index (χ1n) is 8.71. The molecule has 1 aromatic heterocycles. The first kappa shape index (κ1) is 19.9. The predicted octanol–water partition coefficient (Wildman–Crippen LogP) is 3.93. The minimum atomic E-state index is -0.0611. The standard InChI is InChI=1S/C19H27N5OS/c1-12(2)7-6-10-25-16-9-5-8-15(11-16)18-22-13(3)17(26-18)14(4)23-24-19(20)21/h5,8-9,11-12H,6-7,10H2,1-4H3,(H4,20,21,24). The van der Waals surface area contributed by atoms with Crippen LogP contribution < -0.4 is 16.2 Å². The van der Waals surface area contributed by atoms with Gasteiger partial charge in [0.15, 0.2) is 0 Å². The van der Waals surface area contributed by atoms with Gasteiger partial charge in [-0.3, -0.25) is 0 Å². The van der Waals surface area contributed by atoms with Crippen molar-refractivity contribution in [1.82, 2.24) is 4.98 Å². The molecule has 140 valence electrons. The number of hydrogen-bond acceptors (Lipinski definition) is 5. The van der Waals surface area contributed by atoms with Gasteiger partial charge < -0.3 is 16.2 Å². The summed E-state index contributed by atoms with van der Waals surface area (Å²) < 4.78 is 5.88. The summed E-state index contributed by atoms with van der Waals surface area (Å²) in [6, 6.07) is 8.03. The van der Waals surface area contributed by atoms with Gasteiger partial charge in [-0.05, 0) is 44.7 Å². The van der Waals surface area contributed by atoms with Crippen molar-refractivity contribution in [2.24, 2.45) is 27.6 Å². The van der Waals surface area contributed by atoms with E-state index < -0.39 is 0 Å². The molecule has 2 aromatic rings. The topological polar surface area (TPSA) is 98.9 Å². The molecule has 0 unspecified atom stereocenters. The van der Waals surface area contributed by atoms with Gasteiger partial charge in [-0.25, -0.2) is 4.98 Å². The van der Waals surface area contributed by atoms with Crippen molar-refractivity contribution in [3.63, 3.8) is 0 Å². The van der Waals surface area contributed by atoms with Crippen molar-refractivity contribution >= 4 is 23.0 Å². The minimum Gasteiger partial charge on any atom is -0.494 e. The number of guanidine groups is 1. The number of ether oxygens (including phenoxy) is 1. The number of thiazole rings is 1. The highest BCUT2D eigenvalue weighted by molar-refractivity contribution is 7.17. The zero-order valence-corrected chi connectivity index (χ0v) is 16.6. The maximum absolute atomic E-state index is 5.88. The molecular weight excluding hydrogens is 346 g/mol. The molecule has 0 bridgehead atoms. The highest BCUT2D eigenvalue weighted by Gasteiger charge is 2.12. The fourth-order valence-electron chi connectivity index (χ4n) is 2.43. The number of nitrogens with zero attached hydrogens (tertiary/aromatic N) is 3. The van der Waals surface area contributed by atoms with Gasteiger partial charge in [-0.2, -0.15) is 5.10 Å². The number of benzene rings is 1. The molecule has 26 heavy (non-hydrogen) atoms. The van der Waals surface area contributed by atoms with E-state index in [9.17, 15) is 0 Å². The van der Waals surface area contributed by atoms with Crippen LogP contribution in [-0.2, 0) is 0 Å². The predicted molar refractivity (Wildman–Crippen MR) is 110 cm³/mol. The van der Waals surface area contributed by atoms with Crippen LogP contribution in [-0.4, -0.2) is 23.3 Å². The maximum Gasteiger partial charge on any atom is 0.211 e. The van der Waals surface area contributed by atoms with Gasteiger partial charge >= 0.3 is 0 Å². The van der Waals surface area contributed by atoms with Crippen molar-refractivity contribution in [1.29, 1.82) is 0 Å². The van der Waals surface area contributed by atoms with Crippen LogP contribution in [0.3, 0.4) is 0 Å². The molecule has 2 rings (SSSR count). The molecule has 7 heteroatoms. The normalized spacial score (nSPS) is 11.7. The highest BCUT2D eigenvalue weighted by Crippen LogP contribution is 2.30. The first-order chi connectivity index (χ1) is 12.4. The van der Waals surface area contributed by atoms with Gasteiger partial charge in [0.05, 0.1) is 22.9 Å². The van der Waals surface area contributed by atoms with Gasteiger partial charge in [-0.1, -0.05) is 26.0 Å². The van der Waals surface area contributed by atoms with Crippen molar-refractivity contribution in [3.8, 4) is 16.3 Å². The molecule has 0 aliphatic rings. The lowest BCUT2D eigenvalue weighted by molar-refractivity contribution is 0.298. The third-order valence-electron chi connectivity index (χ3n) is 3.72. The molecule has 0 radical (unpaired) electrons. The Morgan fingerprint density at radius 3 is 2.73 bits per heavy atom. The summed E-state index contributed by atoms with van der Waals surface area (Å²) in [6.45, 7) is 9.00. The number of rotatable bonds is 8. The average molecular weight is 374 g/mol. The molecule has 1 aromatic carbocycles. The second kappa shape index (κ2) is 9.33. The van der Waals surface area contributed by atoms with Crippen molar-refractivity contribution in [2.75, 3.05) is 6.61 Å². The quantitative estimate of drug-likeness (QED) is 0.317. The molecule has 0 atom stereocenters. The Morgan fingerprint density at radius 2 is 2.04 bits per heavy atom. The molecule has 4 N–H and O–H groups in total. The van der Waals surface area contributed by atoms with Crippen LogP contribution in [0.4, 0.5) is 0 Å². The maximum atomic E-state index is 5.88. The fourth-order valence-corrected chi connectivity index (χ4v) is 3.44. The zero-order valence-electron chi connectivity index (χ0n) is 15.8. The summed E-state index contributed by atoms with van der Waals surface area (Å²) in [5, 5.41) is 8.68. The van der Waals surface area contributed by atoms with E-state index in [0.717, 1.165) is 45.6 Å². The molecule has 0 amide bonds. The van der Waals surface area contributed by atoms with E-state index in [2.05, 4.69) is 29.0 Å². The van der Waals surface area contributed by atoms with Gasteiger partial charge in [0.2, 0.25) is 5.96 Å². The Hall–Kier alpha value is -2.41. The van der Waals surface area contributed by atoms with Crippen LogP contribution in [0.15, 0.2) is 34.5 Å². The Bertz CT molecular complexity index is 791. The molecule has 0 saturated heterocycles. The second-order valence-corrected chi connectivity index (χ2v) is 7.56. The molecule has 0 spiro atoms. The Labute approximate surface area is 159 Å². The number of nitrogens with two attached hydrogens (primary N) is 2. The molecule has 0 saturated carbocycles. The van der Waals surface area contributed by atoms with E-state index in [1.165, 1.54) is 6.42 Å². The molecule has 0 fully saturated rings. The van der Waals surface area contributed by atoms with Crippen molar-refractivity contribution in [3.05, 3.63) is 34.8 Å². The monoisotopic (exact) mass is 373 g/mol. The van der Waals surface area contributed by atoms with Gasteiger partial charge in [-0.15, -0.1) is 16.4 Å². The summed E-state index contributed by atoms with van der Waals surface area (Å²) in [5.41, 5.74) is 13.3. The molecule has 0 aliphatic heterocycles. The van der Waals surface area contributed by atoms with Crippen LogP contribution in [0.5, 0.6) is 5.75 Å². The van der Waals surface area contributed by atoms with E-state index in [0.29, 0.717) is 5.92 Å². The smallest absolute Gasteiger partial charge is 0.211 e. The lowest BCUT2D eigenvalue weighted by Crippen LogP contribution is -2.22. The van der Waals surface area contributed by atoms with E-state index >= 15 is 0 Å². The second-order valence-electron chi connectivity index (χ2n) is 6.56. The van der Waals surface area contributed by atoms with E-state index in [1.807, 2.05) is 38.1 Å². The van der Waals surface area contributed by atoms with E-state index in [-0.39, 0.29) is 5.96 Å². The SMILES string of the molecule is CC(=NN=C(N)N)c1sc(-c2cccc(OCCCC(C)C)c2)nc1C. The molecule has 0 aliphatic carbocycles. The highest BCUT2D eigenvalue weighted by atomic mass is 32.1. The lowest BCUT2D eigenvalue weighted by Gasteiger charge is -2.08. The zero-order chi connectivity index (χ0) is 19.1. The average Bonchev–Trinajstić information content (AvgIpc) is 2.98. The van der Waals surface area contributed by atoms with Gasteiger partial charge in [0, 0.05) is 5.56 Å². The van der Waals surface area contributed by atoms with Crippen LogP contribution >= 0.6 is 11.3 Å². The minimum absolute atomic E-state index is 0.0611.